The highest BCUT2D eigenvalue weighted by Crippen LogP contribution is 2.22. The first-order valence-electron chi connectivity index (χ1n) is 5.45. The van der Waals surface area contributed by atoms with E-state index in [2.05, 4.69) is 0 Å². The molecule has 88 valence electrons. The summed E-state index contributed by atoms with van der Waals surface area (Å²) in [7, 11) is 0. The minimum absolute atomic E-state index is 0.266. The Balaban J connectivity index is 2.34. The third-order valence-corrected chi connectivity index (χ3v) is 2.64. The molecule has 17 heavy (non-hydrogen) atoms. The lowest BCUT2D eigenvalue weighted by Crippen LogP contribution is -2.04. The fourth-order valence-corrected chi connectivity index (χ4v) is 1.73. The van der Waals surface area contributed by atoms with Gasteiger partial charge in [-0.15, -0.1) is 0 Å². The van der Waals surface area contributed by atoms with Crippen molar-refractivity contribution >= 4 is 0 Å². The number of hydrogen-bond acceptors (Lipinski definition) is 1. The van der Waals surface area contributed by atoms with E-state index in [1.807, 2.05) is 6.07 Å². The van der Waals surface area contributed by atoms with E-state index in [0.717, 1.165) is 11.1 Å². The van der Waals surface area contributed by atoms with Crippen LogP contribution in [0, 0.1) is 11.6 Å². The Hall–Kier alpha value is -1.74. The van der Waals surface area contributed by atoms with Crippen LogP contribution in [0.1, 0.15) is 5.56 Å². The molecule has 3 heteroatoms. The predicted molar refractivity (Wildman–Crippen MR) is 64.6 cm³/mol. The molecule has 0 fully saturated rings. The largest absolute Gasteiger partial charge is 0.330 e. The fraction of sp³-hybridized carbons (Fsp3) is 0.143. The molecule has 0 unspecified atom stereocenters. The Morgan fingerprint density at radius 1 is 0.882 bits per heavy atom. The van der Waals surface area contributed by atoms with Gasteiger partial charge in [0.15, 0.2) is 0 Å². The highest BCUT2D eigenvalue weighted by molar-refractivity contribution is 5.63. The molecule has 0 aliphatic heterocycles. The quantitative estimate of drug-likeness (QED) is 0.866. The van der Waals surface area contributed by atoms with Crippen LogP contribution >= 0.6 is 0 Å². The summed E-state index contributed by atoms with van der Waals surface area (Å²) in [6, 6.07) is 11.0. The van der Waals surface area contributed by atoms with Crippen LogP contribution in [0.3, 0.4) is 0 Å². The summed E-state index contributed by atoms with van der Waals surface area (Å²) in [6.45, 7) is 0.423. The lowest BCUT2D eigenvalue weighted by molar-refractivity contribution is 0.610. The van der Waals surface area contributed by atoms with Crippen molar-refractivity contribution in [3.8, 4) is 11.1 Å². The van der Waals surface area contributed by atoms with Crippen molar-refractivity contribution in [3.63, 3.8) is 0 Å². The van der Waals surface area contributed by atoms with Crippen LogP contribution in [-0.2, 0) is 6.42 Å². The van der Waals surface area contributed by atoms with E-state index in [-0.39, 0.29) is 11.6 Å². The first-order valence-corrected chi connectivity index (χ1v) is 5.45. The van der Waals surface area contributed by atoms with Gasteiger partial charge in [-0.05, 0) is 47.9 Å². The molecule has 2 N–H and O–H groups in total. The summed E-state index contributed by atoms with van der Waals surface area (Å²) in [5.41, 5.74) is 7.53. The average molecular weight is 233 g/mol. The monoisotopic (exact) mass is 233 g/mol. The maximum atomic E-state index is 13.7. The maximum absolute atomic E-state index is 13.7. The van der Waals surface area contributed by atoms with Crippen LogP contribution < -0.4 is 5.73 Å². The van der Waals surface area contributed by atoms with Gasteiger partial charge in [0.1, 0.15) is 11.6 Å². The normalized spacial score (nSPS) is 10.5. The second kappa shape index (κ2) is 5.06. The zero-order valence-corrected chi connectivity index (χ0v) is 9.29. The molecule has 0 bridgehead atoms. The summed E-state index contributed by atoms with van der Waals surface area (Å²) >= 11 is 0. The molecule has 2 aromatic carbocycles. The molecule has 1 nitrogen and oxygen atoms in total. The Morgan fingerprint density at radius 2 is 1.53 bits per heavy atom. The summed E-state index contributed by atoms with van der Waals surface area (Å²) < 4.78 is 26.4. The van der Waals surface area contributed by atoms with Crippen molar-refractivity contribution in [2.75, 3.05) is 6.54 Å². The molecule has 0 radical (unpaired) electrons. The lowest BCUT2D eigenvalue weighted by Gasteiger charge is -2.05. The van der Waals surface area contributed by atoms with Crippen LogP contribution in [-0.4, -0.2) is 6.54 Å². The third-order valence-electron chi connectivity index (χ3n) is 2.64. The van der Waals surface area contributed by atoms with Gasteiger partial charge in [-0.3, -0.25) is 0 Å². The Bertz CT molecular complexity index is 506. The Labute approximate surface area is 98.9 Å². The smallest absolute Gasteiger partial charge is 0.127 e. The lowest BCUT2D eigenvalue weighted by atomic mass is 10.0. The van der Waals surface area contributed by atoms with Crippen LogP contribution in [0.5, 0.6) is 0 Å². The standard InChI is InChI=1S/C14H13F2N/c15-13-5-3-10(4-6-13)12-2-1-11(7-8-17)14(16)9-12/h1-6,9H,7-8,17H2. The van der Waals surface area contributed by atoms with Gasteiger partial charge in [0, 0.05) is 0 Å². The van der Waals surface area contributed by atoms with Crippen LogP contribution in [0.4, 0.5) is 8.78 Å². The van der Waals surface area contributed by atoms with Crippen molar-refractivity contribution in [2.24, 2.45) is 5.73 Å². The van der Waals surface area contributed by atoms with Crippen LogP contribution in [0.25, 0.3) is 11.1 Å². The molecule has 0 aliphatic rings. The molecule has 0 saturated heterocycles. The molecule has 0 heterocycles. The highest BCUT2D eigenvalue weighted by atomic mass is 19.1. The van der Waals surface area contributed by atoms with Crippen molar-refractivity contribution in [3.05, 3.63) is 59.7 Å². The number of hydrogen-bond donors (Lipinski definition) is 1. The minimum Gasteiger partial charge on any atom is -0.330 e. The molecule has 0 amide bonds. The summed E-state index contributed by atoms with van der Waals surface area (Å²) in [4.78, 5) is 0. The SMILES string of the molecule is NCCc1ccc(-c2ccc(F)cc2)cc1F. The first-order chi connectivity index (χ1) is 8.20. The van der Waals surface area contributed by atoms with Gasteiger partial charge >= 0.3 is 0 Å². The molecule has 0 aliphatic carbocycles. The predicted octanol–water partition coefficient (Wildman–Crippen LogP) is 3.13. The van der Waals surface area contributed by atoms with E-state index >= 15 is 0 Å². The molecule has 0 saturated carbocycles. The second-order valence-corrected chi connectivity index (χ2v) is 3.85. The van der Waals surface area contributed by atoms with Gasteiger partial charge < -0.3 is 5.73 Å². The van der Waals surface area contributed by atoms with Crippen molar-refractivity contribution in [1.82, 2.24) is 0 Å². The Kier molecular flexibility index (Phi) is 3.49. The number of nitrogens with two attached hydrogens (primary N) is 1. The highest BCUT2D eigenvalue weighted by Gasteiger charge is 2.04. The molecule has 0 atom stereocenters. The number of benzene rings is 2. The van der Waals surface area contributed by atoms with Crippen LogP contribution in [0.15, 0.2) is 42.5 Å². The maximum Gasteiger partial charge on any atom is 0.127 e. The van der Waals surface area contributed by atoms with Gasteiger partial charge in [0.25, 0.3) is 0 Å². The summed E-state index contributed by atoms with van der Waals surface area (Å²) in [6.07, 6.45) is 0.523. The van der Waals surface area contributed by atoms with Crippen molar-refractivity contribution < 1.29 is 8.78 Å². The molecule has 2 rings (SSSR count). The molecular weight excluding hydrogens is 220 g/mol. The van der Waals surface area contributed by atoms with Gasteiger partial charge in [-0.25, -0.2) is 8.78 Å². The van der Waals surface area contributed by atoms with Gasteiger partial charge in [-0.2, -0.15) is 0 Å². The van der Waals surface area contributed by atoms with E-state index in [0.29, 0.717) is 18.5 Å². The van der Waals surface area contributed by atoms with E-state index < -0.39 is 0 Å². The van der Waals surface area contributed by atoms with E-state index in [9.17, 15) is 8.78 Å². The van der Waals surface area contributed by atoms with Gasteiger partial charge in [-0.1, -0.05) is 24.3 Å². The topological polar surface area (TPSA) is 26.0 Å². The first kappa shape index (κ1) is 11.7. The van der Waals surface area contributed by atoms with Gasteiger partial charge in [0.05, 0.1) is 0 Å². The van der Waals surface area contributed by atoms with Crippen molar-refractivity contribution in [2.45, 2.75) is 6.42 Å². The zero-order valence-electron chi connectivity index (χ0n) is 9.29. The summed E-state index contributed by atoms with van der Waals surface area (Å²) in [5, 5.41) is 0. The number of halogens is 2. The Morgan fingerprint density at radius 3 is 2.12 bits per heavy atom. The third kappa shape index (κ3) is 2.68. The van der Waals surface area contributed by atoms with E-state index in [1.165, 1.54) is 18.2 Å². The van der Waals surface area contributed by atoms with Crippen LogP contribution in [0.2, 0.25) is 0 Å². The zero-order chi connectivity index (χ0) is 12.3. The molecular formula is C14H13F2N. The number of rotatable bonds is 3. The van der Waals surface area contributed by atoms with E-state index in [1.54, 1.807) is 18.2 Å². The van der Waals surface area contributed by atoms with E-state index in [4.69, 9.17) is 5.73 Å². The molecule has 0 aromatic heterocycles. The average Bonchev–Trinajstić information content (AvgIpc) is 2.33. The summed E-state index contributed by atoms with van der Waals surface area (Å²) in [5.74, 6) is -0.564. The van der Waals surface area contributed by atoms with Crippen molar-refractivity contribution in [1.29, 1.82) is 0 Å². The van der Waals surface area contributed by atoms with Gasteiger partial charge in [0.2, 0.25) is 0 Å². The fourth-order valence-electron chi connectivity index (χ4n) is 1.73. The molecule has 0 spiro atoms. The molecule has 2 aromatic rings. The minimum atomic E-state index is -0.297. The second-order valence-electron chi connectivity index (χ2n) is 3.85.